The zero-order valence-electron chi connectivity index (χ0n) is 19.5. The minimum atomic E-state index is 0.551. The number of likely N-dealkylation sites (tertiary alicyclic amines) is 1. The molecule has 5 heterocycles. The zero-order chi connectivity index (χ0) is 22.4. The summed E-state index contributed by atoms with van der Waals surface area (Å²) in [6.45, 7) is 8.51. The van der Waals surface area contributed by atoms with Crippen LogP contribution >= 0.6 is 0 Å². The Bertz CT molecular complexity index is 1280. The number of rotatable bonds is 4. The maximum atomic E-state index is 5.56. The average molecular weight is 445 g/mol. The number of ether oxygens (including phenoxy) is 1. The molecule has 4 aromatic rings. The molecule has 7 heteroatoms. The average Bonchev–Trinajstić information content (AvgIpc) is 3.51. The summed E-state index contributed by atoms with van der Waals surface area (Å²) in [5.41, 5.74) is 8.17. The summed E-state index contributed by atoms with van der Waals surface area (Å²) in [4.78, 5) is 7.05. The van der Waals surface area contributed by atoms with E-state index in [9.17, 15) is 0 Å². The fraction of sp³-hybridized carbons (Fsp3) is 0.500. The first-order valence-corrected chi connectivity index (χ1v) is 12.3. The lowest BCUT2D eigenvalue weighted by Crippen LogP contribution is -2.43. The number of aromatic amines is 1. The lowest BCUT2D eigenvalue weighted by molar-refractivity contribution is 0.0251. The van der Waals surface area contributed by atoms with Gasteiger partial charge in [0.05, 0.1) is 5.52 Å². The van der Waals surface area contributed by atoms with E-state index in [1.165, 1.54) is 66.5 Å². The summed E-state index contributed by atoms with van der Waals surface area (Å²) in [5.74, 6) is 0.551. The van der Waals surface area contributed by atoms with E-state index in [0.717, 1.165) is 36.4 Å². The molecular formula is C26H32N6O. The van der Waals surface area contributed by atoms with E-state index in [2.05, 4.69) is 58.3 Å². The number of hydrogen-bond acceptors (Lipinski definition) is 5. The molecule has 0 atom stereocenters. The Hall–Kier alpha value is -2.77. The number of piperidine rings is 1. The van der Waals surface area contributed by atoms with E-state index in [1.807, 2.05) is 4.52 Å². The fourth-order valence-corrected chi connectivity index (χ4v) is 5.84. The van der Waals surface area contributed by atoms with Crippen molar-refractivity contribution in [2.45, 2.75) is 57.9 Å². The number of nitrogens with zero attached hydrogens (tertiary/aromatic N) is 5. The molecule has 0 saturated carbocycles. The van der Waals surface area contributed by atoms with Crippen LogP contribution < -0.4 is 0 Å². The van der Waals surface area contributed by atoms with Crippen LogP contribution in [0.3, 0.4) is 0 Å². The highest BCUT2D eigenvalue weighted by Gasteiger charge is 2.29. The molecule has 6 rings (SSSR count). The molecule has 3 aromatic heterocycles. The third-order valence-electron chi connectivity index (χ3n) is 7.70. The second kappa shape index (κ2) is 8.54. The lowest BCUT2D eigenvalue weighted by Gasteiger charge is -2.39. The Labute approximate surface area is 194 Å². The van der Waals surface area contributed by atoms with Gasteiger partial charge in [-0.25, -0.2) is 9.50 Å². The standard InChI is InChI=1S/C26H32N6O/c1-3-18-13-23-24(14-22(18)20-12-17(2)26-27-16-28-32(26)15-20)29-30-25(23)19-4-8-31(9-5-19)21-6-10-33-11-7-21/h12-16,19,21H,3-11H2,1-2H3,(H,29,30). The number of benzene rings is 1. The largest absolute Gasteiger partial charge is 0.381 e. The smallest absolute Gasteiger partial charge is 0.158 e. The van der Waals surface area contributed by atoms with Gasteiger partial charge in [0, 0.05) is 48.0 Å². The van der Waals surface area contributed by atoms with Crippen LogP contribution in [-0.4, -0.2) is 62.0 Å². The van der Waals surface area contributed by atoms with Gasteiger partial charge in [-0.3, -0.25) is 5.10 Å². The minimum Gasteiger partial charge on any atom is -0.381 e. The van der Waals surface area contributed by atoms with Gasteiger partial charge in [-0.1, -0.05) is 6.92 Å². The monoisotopic (exact) mass is 444 g/mol. The molecule has 1 aromatic carbocycles. The second-order valence-electron chi connectivity index (χ2n) is 9.61. The summed E-state index contributed by atoms with van der Waals surface area (Å²) < 4.78 is 7.43. The molecular weight excluding hydrogens is 412 g/mol. The van der Waals surface area contributed by atoms with Crippen molar-refractivity contribution < 1.29 is 4.74 Å². The molecule has 7 nitrogen and oxygen atoms in total. The van der Waals surface area contributed by atoms with Gasteiger partial charge in [-0.2, -0.15) is 10.2 Å². The van der Waals surface area contributed by atoms with Crippen LogP contribution in [0.1, 0.15) is 55.3 Å². The fourth-order valence-electron chi connectivity index (χ4n) is 5.84. The Morgan fingerprint density at radius 1 is 1.09 bits per heavy atom. The number of hydrogen-bond donors (Lipinski definition) is 1. The third kappa shape index (κ3) is 3.73. The normalized spacial score (nSPS) is 19.1. The van der Waals surface area contributed by atoms with Crippen molar-refractivity contribution in [1.29, 1.82) is 0 Å². The predicted molar refractivity (Wildman–Crippen MR) is 130 cm³/mol. The van der Waals surface area contributed by atoms with Gasteiger partial charge in [-0.05, 0) is 87.0 Å². The van der Waals surface area contributed by atoms with E-state index in [4.69, 9.17) is 9.84 Å². The Morgan fingerprint density at radius 3 is 2.70 bits per heavy atom. The van der Waals surface area contributed by atoms with E-state index < -0.39 is 0 Å². The second-order valence-corrected chi connectivity index (χ2v) is 9.61. The molecule has 172 valence electrons. The minimum absolute atomic E-state index is 0.551. The quantitative estimate of drug-likeness (QED) is 0.502. The molecule has 0 spiro atoms. The molecule has 33 heavy (non-hydrogen) atoms. The van der Waals surface area contributed by atoms with Crippen LogP contribution in [0, 0.1) is 6.92 Å². The van der Waals surface area contributed by atoms with Crippen LogP contribution in [0.4, 0.5) is 0 Å². The summed E-state index contributed by atoms with van der Waals surface area (Å²) in [5, 5.41) is 13.8. The molecule has 1 N–H and O–H groups in total. The van der Waals surface area contributed by atoms with Crippen LogP contribution in [0.2, 0.25) is 0 Å². The first-order chi connectivity index (χ1) is 16.2. The van der Waals surface area contributed by atoms with Crippen LogP contribution in [0.15, 0.2) is 30.7 Å². The molecule has 2 aliphatic heterocycles. The first kappa shape index (κ1) is 20.8. The van der Waals surface area contributed by atoms with Crippen molar-refractivity contribution in [2.75, 3.05) is 26.3 Å². The van der Waals surface area contributed by atoms with Crippen molar-refractivity contribution >= 4 is 16.6 Å². The van der Waals surface area contributed by atoms with E-state index in [1.54, 1.807) is 6.33 Å². The number of H-pyrrole nitrogens is 1. The highest BCUT2D eigenvalue weighted by molar-refractivity contribution is 5.88. The highest BCUT2D eigenvalue weighted by Crippen LogP contribution is 2.36. The van der Waals surface area contributed by atoms with Crippen molar-refractivity contribution in [1.82, 2.24) is 29.7 Å². The van der Waals surface area contributed by atoms with Gasteiger partial charge in [0.25, 0.3) is 0 Å². The van der Waals surface area contributed by atoms with Crippen molar-refractivity contribution in [3.8, 4) is 11.1 Å². The van der Waals surface area contributed by atoms with Gasteiger partial charge in [0.2, 0.25) is 0 Å². The SMILES string of the molecule is CCc1cc2c(C3CCN(C4CCOCC4)CC3)[nH]nc2cc1-c1cc(C)c2ncnn2c1. The number of pyridine rings is 1. The topological polar surface area (TPSA) is 71.3 Å². The Balaban J connectivity index is 1.30. The van der Waals surface area contributed by atoms with Crippen LogP contribution in [0.25, 0.3) is 27.7 Å². The number of aryl methyl sites for hydroxylation is 2. The number of aromatic nitrogens is 5. The van der Waals surface area contributed by atoms with E-state index in [0.29, 0.717) is 12.0 Å². The van der Waals surface area contributed by atoms with Gasteiger partial charge < -0.3 is 9.64 Å². The Morgan fingerprint density at radius 2 is 1.91 bits per heavy atom. The first-order valence-electron chi connectivity index (χ1n) is 12.3. The summed E-state index contributed by atoms with van der Waals surface area (Å²) in [7, 11) is 0. The third-order valence-corrected chi connectivity index (χ3v) is 7.70. The van der Waals surface area contributed by atoms with E-state index in [-0.39, 0.29) is 0 Å². The lowest BCUT2D eigenvalue weighted by atomic mass is 9.88. The van der Waals surface area contributed by atoms with Crippen molar-refractivity contribution in [3.63, 3.8) is 0 Å². The molecule has 2 aliphatic rings. The van der Waals surface area contributed by atoms with Gasteiger partial charge in [0.15, 0.2) is 5.65 Å². The van der Waals surface area contributed by atoms with Crippen LogP contribution in [0.5, 0.6) is 0 Å². The van der Waals surface area contributed by atoms with E-state index >= 15 is 0 Å². The molecule has 0 unspecified atom stereocenters. The van der Waals surface area contributed by atoms with Crippen LogP contribution in [-0.2, 0) is 11.2 Å². The molecule has 0 bridgehead atoms. The van der Waals surface area contributed by atoms with Gasteiger partial charge in [-0.15, -0.1) is 0 Å². The summed E-state index contributed by atoms with van der Waals surface area (Å²) in [6, 6.07) is 7.54. The highest BCUT2D eigenvalue weighted by atomic mass is 16.5. The molecule has 0 radical (unpaired) electrons. The maximum Gasteiger partial charge on any atom is 0.158 e. The summed E-state index contributed by atoms with van der Waals surface area (Å²) in [6.07, 6.45) is 9.42. The van der Waals surface area contributed by atoms with Gasteiger partial charge >= 0.3 is 0 Å². The maximum absolute atomic E-state index is 5.56. The van der Waals surface area contributed by atoms with Crippen molar-refractivity contribution in [3.05, 3.63) is 47.5 Å². The number of fused-ring (bicyclic) bond motifs is 2. The van der Waals surface area contributed by atoms with Gasteiger partial charge in [0.1, 0.15) is 6.33 Å². The molecule has 2 saturated heterocycles. The van der Waals surface area contributed by atoms with Crippen molar-refractivity contribution in [2.24, 2.45) is 0 Å². The predicted octanol–water partition coefficient (Wildman–Crippen LogP) is 4.50. The molecule has 0 aliphatic carbocycles. The molecule has 0 amide bonds. The zero-order valence-corrected chi connectivity index (χ0v) is 19.5. The molecule has 2 fully saturated rings. The summed E-state index contributed by atoms with van der Waals surface area (Å²) >= 11 is 0. The Kier molecular flexibility index (Phi) is 5.38. The number of nitrogens with one attached hydrogen (secondary N) is 1.